The Hall–Kier alpha value is -1.95. The Morgan fingerprint density at radius 2 is 2.07 bits per heavy atom. The molecule has 2 aromatic rings. The highest BCUT2D eigenvalue weighted by Crippen LogP contribution is 2.49. The lowest BCUT2D eigenvalue weighted by Crippen LogP contribution is -2.43. The van der Waals surface area contributed by atoms with Crippen LogP contribution in [0.25, 0.3) is 11.0 Å². The van der Waals surface area contributed by atoms with Crippen molar-refractivity contribution < 1.29 is 4.79 Å². The molecule has 0 aromatic carbocycles. The molecule has 1 spiro atoms. The molecule has 5 rings (SSSR count). The van der Waals surface area contributed by atoms with Gasteiger partial charge in [-0.15, -0.1) is 0 Å². The van der Waals surface area contributed by atoms with Gasteiger partial charge in [-0.1, -0.05) is 12.8 Å². The maximum atomic E-state index is 12.8. The summed E-state index contributed by atoms with van der Waals surface area (Å²) >= 11 is 0. The number of rotatable bonds is 4. The Labute approximate surface area is 160 Å². The minimum Gasteiger partial charge on any atom is -0.354 e. The molecule has 27 heavy (non-hydrogen) atoms. The largest absolute Gasteiger partial charge is 0.354 e. The van der Waals surface area contributed by atoms with Crippen LogP contribution in [-0.2, 0) is 4.79 Å². The van der Waals surface area contributed by atoms with Crippen molar-refractivity contribution >= 4 is 22.6 Å². The molecule has 2 saturated carbocycles. The summed E-state index contributed by atoms with van der Waals surface area (Å²) in [6, 6.07) is 2.42. The van der Waals surface area contributed by atoms with Gasteiger partial charge in [-0.2, -0.15) is 0 Å². The van der Waals surface area contributed by atoms with Gasteiger partial charge in [0, 0.05) is 43.2 Å². The molecule has 1 saturated heterocycles. The third-order valence-electron chi connectivity index (χ3n) is 6.93. The van der Waals surface area contributed by atoms with E-state index in [1.807, 2.05) is 6.20 Å². The third-order valence-corrected chi connectivity index (χ3v) is 6.93. The fraction of sp³-hybridized carbons (Fsp3) is 0.667. The van der Waals surface area contributed by atoms with E-state index in [0.717, 1.165) is 49.3 Å². The summed E-state index contributed by atoms with van der Waals surface area (Å²) in [7, 11) is 0. The van der Waals surface area contributed by atoms with Crippen molar-refractivity contribution in [1.82, 2.24) is 19.9 Å². The molecular weight excluding hydrogens is 338 g/mol. The van der Waals surface area contributed by atoms with Crippen molar-refractivity contribution in [1.29, 1.82) is 0 Å². The first-order valence-electron chi connectivity index (χ1n) is 10.4. The first kappa shape index (κ1) is 17.2. The quantitative estimate of drug-likeness (QED) is 0.900. The van der Waals surface area contributed by atoms with Crippen molar-refractivity contribution in [3.8, 4) is 0 Å². The van der Waals surface area contributed by atoms with Crippen LogP contribution in [0.15, 0.2) is 18.6 Å². The average Bonchev–Trinajstić information content (AvgIpc) is 3.09. The van der Waals surface area contributed by atoms with Crippen molar-refractivity contribution in [2.45, 2.75) is 51.5 Å². The van der Waals surface area contributed by atoms with Crippen LogP contribution < -0.4 is 4.90 Å². The van der Waals surface area contributed by atoms with Gasteiger partial charge >= 0.3 is 0 Å². The van der Waals surface area contributed by atoms with Gasteiger partial charge in [0.15, 0.2) is 0 Å². The maximum Gasteiger partial charge on any atom is 0.149 e. The summed E-state index contributed by atoms with van der Waals surface area (Å²) in [5.41, 5.74) is 1.23. The van der Waals surface area contributed by atoms with Gasteiger partial charge < -0.3 is 9.88 Å². The van der Waals surface area contributed by atoms with E-state index in [1.54, 1.807) is 6.33 Å². The van der Waals surface area contributed by atoms with Crippen LogP contribution in [0.5, 0.6) is 0 Å². The standard InChI is InChI=1S/C21H29N5O/c1-15-10-26(20-17-6-9-22-19(17)23-14-24-20)13-21(7-8-21)12-25(15)11-18(27)16-4-2-3-5-16/h6,9,14-16H,2-5,7-8,10-13H2,1H3,(H,22,23,24). The molecule has 1 N–H and O–H groups in total. The predicted molar refractivity (Wildman–Crippen MR) is 106 cm³/mol. The predicted octanol–water partition coefficient (Wildman–Crippen LogP) is 3.01. The van der Waals surface area contributed by atoms with Crippen LogP contribution in [0.3, 0.4) is 0 Å². The number of carbonyl (C=O) groups excluding carboxylic acids is 1. The number of carbonyl (C=O) groups is 1. The van der Waals surface area contributed by atoms with Crippen molar-refractivity contribution in [2.75, 3.05) is 31.1 Å². The Morgan fingerprint density at radius 1 is 1.26 bits per heavy atom. The maximum absolute atomic E-state index is 12.8. The molecule has 3 fully saturated rings. The number of nitrogens with zero attached hydrogens (tertiary/aromatic N) is 4. The number of anilines is 1. The van der Waals surface area contributed by atoms with E-state index in [2.05, 4.69) is 37.7 Å². The summed E-state index contributed by atoms with van der Waals surface area (Å²) in [4.78, 5) is 29.9. The number of nitrogens with one attached hydrogen (secondary N) is 1. The fourth-order valence-corrected chi connectivity index (χ4v) is 5.09. The summed E-state index contributed by atoms with van der Waals surface area (Å²) < 4.78 is 0. The van der Waals surface area contributed by atoms with E-state index < -0.39 is 0 Å². The molecule has 6 nitrogen and oxygen atoms in total. The monoisotopic (exact) mass is 367 g/mol. The summed E-state index contributed by atoms with van der Waals surface area (Å²) in [5, 5.41) is 1.09. The molecule has 1 aliphatic heterocycles. The zero-order valence-corrected chi connectivity index (χ0v) is 16.2. The Morgan fingerprint density at radius 3 is 2.85 bits per heavy atom. The van der Waals surface area contributed by atoms with E-state index in [0.29, 0.717) is 29.7 Å². The molecule has 3 aliphatic rings. The van der Waals surface area contributed by atoms with Gasteiger partial charge in [-0.05, 0) is 38.7 Å². The summed E-state index contributed by atoms with van der Waals surface area (Å²) in [5.74, 6) is 1.81. The van der Waals surface area contributed by atoms with E-state index >= 15 is 0 Å². The zero-order valence-electron chi connectivity index (χ0n) is 16.2. The number of Topliss-reactive ketones (excluding diaryl/α,β-unsaturated/α-hetero) is 1. The number of aromatic amines is 1. The van der Waals surface area contributed by atoms with Gasteiger partial charge in [-0.3, -0.25) is 9.69 Å². The summed E-state index contributed by atoms with van der Waals surface area (Å²) in [6.07, 6.45) is 10.8. The molecule has 2 aromatic heterocycles. The molecule has 6 heteroatoms. The Bertz CT molecular complexity index is 836. The topological polar surface area (TPSA) is 65.1 Å². The molecule has 0 bridgehead atoms. The van der Waals surface area contributed by atoms with Gasteiger partial charge in [-0.25, -0.2) is 9.97 Å². The van der Waals surface area contributed by atoms with Crippen LogP contribution in [-0.4, -0.2) is 57.9 Å². The van der Waals surface area contributed by atoms with Crippen LogP contribution in [0, 0.1) is 11.3 Å². The van der Waals surface area contributed by atoms with Crippen LogP contribution >= 0.6 is 0 Å². The lowest BCUT2D eigenvalue weighted by atomic mass is 10.0. The molecule has 0 radical (unpaired) electrons. The minimum atomic E-state index is 0.313. The molecule has 144 valence electrons. The van der Waals surface area contributed by atoms with Gasteiger partial charge in [0.2, 0.25) is 0 Å². The average molecular weight is 367 g/mol. The van der Waals surface area contributed by atoms with Crippen molar-refractivity contribution in [2.24, 2.45) is 11.3 Å². The fourth-order valence-electron chi connectivity index (χ4n) is 5.09. The second-order valence-corrected chi connectivity index (χ2v) is 9.02. The van der Waals surface area contributed by atoms with Crippen LogP contribution in [0.2, 0.25) is 0 Å². The van der Waals surface area contributed by atoms with Gasteiger partial charge in [0.05, 0.1) is 11.9 Å². The lowest BCUT2D eigenvalue weighted by molar-refractivity contribution is -0.124. The highest BCUT2D eigenvalue weighted by atomic mass is 16.1. The number of aromatic nitrogens is 3. The smallest absolute Gasteiger partial charge is 0.149 e. The first-order valence-corrected chi connectivity index (χ1v) is 10.4. The van der Waals surface area contributed by atoms with Gasteiger partial charge in [0.25, 0.3) is 0 Å². The molecule has 0 amide bonds. The molecule has 1 atom stereocenters. The van der Waals surface area contributed by atoms with E-state index in [9.17, 15) is 4.79 Å². The molecule has 1 unspecified atom stereocenters. The third kappa shape index (κ3) is 3.24. The zero-order chi connectivity index (χ0) is 18.4. The Kier molecular flexibility index (Phi) is 4.19. The lowest BCUT2D eigenvalue weighted by Gasteiger charge is -2.29. The normalized spacial score (nSPS) is 26.0. The van der Waals surface area contributed by atoms with E-state index in [-0.39, 0.29) is 0 Å². The number of hydrogen-bond acceptors (Lipinski definition) is 5. The number of H-pyrrole nitrogens is 1. The van der Waals surface area contributed by atoms with Gasteiger partial charge in [0.1, 0.15) is 23.6 Å². The first-order chi connectivity index (χ1) is 13.1. The molecular formula is C21H29N5O. The van der Waals surface area contributed by atoms with E-state index in [1.165, 1.54) is 25.7 Å². The summed E-state index contributed by atoms with van der Waals surface area (Å²) in [6.45, 7) is 5.89. The second-order valence-electron chi connectivity index (χ2n) is 9.02. The molecule has 2 aliphatic carbocycles. The highest BCUT2D eigenvalue weighted by molar-refractivity contribution is 5.87. The number of ketones is 1. The van der Waals surface area contributed by atoms with Crippen LogP contribution in [0.1, 0.15) is 45.4 Å². The minimum absolute atomic E-state index is 0.313. The molecule has 3 heterocycles. The highest BCUT2D eigenvalue weighted by Gasteiger charge is 2.48. The Balaban J connectivity index is 1.38. The second kappa shape index (κ2) is 6.59. The SMILES string of the molecule is CC1CN(c2ncnc3[nH]ccc23)CC2(CC2)CN1CC(=O)C1CCCC1. The van der Waals surface area contributed by atoms with Crippen molar-refractivity contribution in [3.05, 3.63) is 18.6 Å². The van der Waals surface area contributed by atoms with Crippen molar-refractivity contribution in [3.63, 3.8) is 0 Å². The van der Waals surface area contributed by atoms with E-state index in [4.69, 9.17) is 0 Å². The number of hydrogen-bond donors (Lipinski definition) is 1. The van der Waals surface area contributed by atoms with Crippen LogP contribution in [0.4, 0.5) is 5.82 Å². The number of fused-ring (bicyclic) bond motifs is 1.